The molecule has 190 valence electrons. The number of hydrogen-bond donors (Lipinski definition) is 0. The minimum atomic E-state index is 0.170. The van der Waals surface area contributed by atoms with E-state index >= 15 is 0 Å². The Morgan fingerprint density at radius 2 is 1.82 bits per heavy atom. The summed E-state index contributed by atoms with van der Waals surface area (Å²) in [6.45, 7) is 5.53. The van der Waals surface area contributed by atoms with Crippen LogP contribution in [0, 0.1) is 25.2 Å². The van der Waals surface area contributed by atoms with Gasteiger partial charge in [0, 0.05) is 24.0 Å². The Bertz CT molecular complexity index is 1540. The van der Waals surface area contributed by atoms with Gasteiger partial charge >= 0.3 is 0 Å². The molecule has 0 aliphatic carbocycles. The van der Waals surface area contributed by atoms with E-state index in [-0.39, 0.29) is 6.61 Å². The Kier molecular flexibility index (Phi) is 7.23. The zero-order valence-electron chi connectivity index (χ0n) is 21.2. The van der Waals surface area contributed by atoms with E-state index in [1.807, 2.05) is 43.3 Å². The fourth-order valence-corrected chi connectivity index (χ4v) is 4.40. The molecule has 3 aromatic carbocycles. The van der Waals surface area contributed by atoms with Gasteiger partial charge in [-0.2, -0.15) is 5.26 Å². The van der Waals surface area contributed by atoms with Crippen molar-refractivity contribution in [1.82, 2.24) is 4.98 Å². The molecule has 4 aromatic rings. The van der Waals surface area contributed by atoms with Gasteiger partial charge in [-0.05, 0) is 65.9 Å². The normalized spacial score (nSPS) is 11.9. The Morgan fingerprint density at radius 3 is 2.63 bits per heavy atom. The Labute approximate surface area is 221 Å². The van der Waals surface area contributed by atoms with Crippen molar-refractivity contribution in [3.05, 3.63) is 100 Å². The molecular weight excluding hydrogens is 480 g/mol. The highest BCUT2D eigenvalue weighted by Gasteiger charge is 2.15. The highest BCUT2D eigenvalue weighted by atomic mass is 16.6. The van der Waals surface area contributed by atoms with Crippen LogP contribution in [0.2, 0.25) is 0 Å². The molecule has 0 saturated carbocycles. The van der Waals surface area contributed by atoms with Crippen LogP contribution in [0.1, 0.15) is 38.2 Å². The van der Waals surface area contributed by atoms with E-state index in [2.05, 4.69) is 24.0 Å². The molecule has 38 heavy (non-hydrogen) atoms. The maximum absolute atomic E-state index is 11.8. The lowest BCUT2D eigenvalue weighted by atomic mass is 9.96. The van der Waals surface area contributed by atoms with Crippen LogP contribution in [-0.2, 0) is 13.2 Å². The molecule has 0 bridgehead atoms. The zero-order valence-corrected chi connectivity index (χ0v) is 21.2. The molecule has 1 aliphatic rings. The van der Waals surface area contributed by atoms with E-state index < -0.39 is 0 Å². The van der Waals surface area contributed by atoms with E-state index in [1.54, 1.807) is 18.3 Å². The third-order valence-electron chi connectivity index (χ3n) is 6.45. The number of rotatable bonds is 8. The van der Waals surface area contributed by atoms with Gasteiger partial charge in [0.15, 0.2) is 17.8 Å². The van der Waals surface area contributed by atoms with E-state index in [0.29, 0.717) is 42.4 Å². The largest absolute Gasteiger partial charge is 0.489 e. The standard InChI is InChI=1S/C31H26N2O5/c1-20-10-26(13-30(28(20)17-34)38-18-23-11-22(14-32)15-33-16-23)37-19-25-4-3-5-27(21(25)2)24-6-7-29-31(12-24)36-9-8-35-29/h3-7,10-13,15-17H,8-9,18-19H2,1-2H3. The third kappa shape index (κ3) is 5.30. The molecule has 7 nitrogen and oxygen atoms in total. The molecule has 0 radical (unpaired) electrons. The average molecular weight is 507 g/mol. The zero-order chi connectivity index (χ0) is 26.5. The predicted octanol–water partition coefficient (Wildman–Crippen LogP) is 5.98. The number of aldehydes is 1. The number of hydrogen-bond acceptors (Lipinski definition) is 7. The van der Waals surface area contributed by atoms with Crippen molar-refractivity contribution in [1.29, 1.82) is 5.26 Å². The molecular formula is C31H26N2O5. The highest BCUT2D eigenvalue weighted by Crippen LogP contribution is 2.36. The van der Waals surface area contributed by atoms with Crippen LogP contribution in [0.25, 0.3) is 11.1 Å². The van der Waals surface area contributed by atoms with E-state index in [0.717, 1.165) is 51.2 Å². The molecule has 0 atom stereocenters. The number of carbonyl (C=O) groups is 1. The van der Waals surface area contributed by atoms with Crippen molar-refractivity contribution in [2.24, 2.45) is 0 Å². The topological polar surface area (TPSA) is 90.7 Å². The summed E-state index contributed by atoms with van der Waals surface area (Å²) in [5.74, 6) is 2.52. The second-order valence-electron chi connectivity index (χ2n) is 8.99. The second-order valence-corrected chi connectivity index (χ2v) is 8.99. The average Bonchev–Trinajstić information content (AvgIpc) is 2.95. The Morgan fingerprint density at radius 1 is 0.974 bits per heavy atom. The molecule has 1 aliphatic heterocycles. The maximum atomic E-state index is 11.8. The summed E-state index contributed by atoms with van der Waals surface area (Å²) in [5.41, 5.74) is 6.67. The molecule has 0 amide bonds. The van der Waals surface area contributed by atoms with Gasteiger partial charge < -0.3 is 18.9 Å². The molecule has 0 spiro atoms. The molecule has 2 heterocycles. The number of ether oxygens (including phenoxy) is 4. The van der Waals surface area contributed by atoms with Gasteiger partial charge in [-0.3, -0.25) is 9.78 Å². The van der Waals surface area contributed by atoms with Crippen LogP contribution < -0.4 is 18.9 Å². The lowest BCUT2D eigenvalue weighted by molar-refractivity contribution is 0.111. The van der Waals surface area contributed by atoms with Gasteiger partial charge in [-0.15, -0.1) is 0 Å². The van der Waals surface area contributed by atoms with Crippen molar-refractivity contribution < 1.29 is 23.7 Å². The lowest BCUT2D eigenvalue weighted by Gasteiger charge is -2.20. The van der Waals surface area contributed by atoms with Crippen LogP contribution >= 0.6 is 0 Å². The van der Waals surface area contributed by atoms with Crippen molar-refractivity contribution in [3.8, 4) is 40.2 Å². The predicted molar refractivity (Wildman–Crippen MR) is 142 cm³/mol. The number of aromatic nitrogens is 1. The van der Waals surface area contributed by atoms with E-state index in [4.69, 9.17) is 24.2 Å². The number of carbonyl (C=O) groups excluding carboxylic acids is 1. The smallest absolute Gasteiger partial charge is 0.161 e. The molecule has 0 N–H and O–H groups in total. The number of benzene rings is 3. The summed E-state index contributed by atoms with van der Waals surface area (Å²) in [6.07, 6.45) is 3.90. The summed E-state index contributed by atoms with van der Waals surface area (Å²) >= 11 is 0. The molecule has 0 unspecified atom stereocenters. The minimum absolute atomic E-state index is 0.170. The number of aryl methyl sites for hydroxylation is 1. The fraction of sp³-hybridized carbons (Fsp3) is 0.194. The van der Waals surface area contributed by atoms with Crippen LogP contribution in [-0.4, -0.2) is 24.5 Å². The van der Waals surface area contributed by atoms with Gasteiger partial charge in [0.05, 0.1) is 11.1 Å². The SMILES string of the molecule is Cc1cc(OCc2cccc(-c3ccc4c(c3)OCCO4)c2C)cc(OCc2cncc(C#N)c2)c1C=O. The van der Waals surface area contributed by atoms with Crippen molar-refractivity contribution >= 4 is 6.29 Å². The van der Waals surface area contributed by atoms with E-state index in [1.165, 1.54) is 6.20 Å². The number of fused-ring (bicyclic) bond motifs is 1. The van der Waals surface area contributed by atoms with Crippen molar-refractivity contribution in [3.63, 3.8) is 0 Å². The molecule has 7 heteroatoms. The minimum Gasteiger partial charge on any atom is -0.489 e. The van der Waals surface area contributed by atoms with Gasteiger partial charge in [0.1, 0.15) is 44.0 Å². The highest BCUT2D eigenvalue weighted by molar-refractivity contribution is 5.82. The monoisotopic (exact) mass is 506 g/mol. The van der Waals surface area contributed by atoms with Crippen LogP contribution in [0.5, 0.6) is 23.0 Å². The van der Waals surface area contributed by atoms with Crippen molar-refractivity contribution in [2.45, 2.75) is 27.1 Å². The first kappa shape index (κ1) is 24.8. The van der Waals surface area contributed by atoms with Gasteiger partial charge in [-0.25, -0.2) is 0 Å². The number of nitrogens with zero attached hydrogens (tertiary/aromatic N) is 2. The van der Waals surface area contributed by atoms with Gasteiger partial charge in [0.2, 0.25) is 0 Å². The molecule has 5 rings (SSSR count). The Balaban J connectivity index is 1.34. The summed E-state index contributed by atoms with van der Waals surface area (Å²) in [4.78, 5) is 15.8. The first-order valence-electron chi connectivity index (χ1n) is 12.2. The first-order valence-corrected chi connectivity index (χ1v) is 12.2. The quantitative estimate of drug-likeness (QED) is 0.272. The number of pyridine rings is 1. The van der Waals surface area contributed by atoms with Gasteiger partial charge in [0.25, 0.3) is 0 Å². The summed E-state index contributed by atoms with van der Waals surface area (Å²) in [7, 11) is 0. The summed E-state index contributed by atoms with van der Waals surface area (Å²) < 4.78 is 23.5. The van der Waals surface area contributed by atoms with E-state index in [9.17, 15) is 4.79 Å². The third-order valence-corrected chi connectivity index (χ3v) is 6.45. The number of nitriles is 1. The van der Waals surface area contributed by atoms with Crippen LogP contribution in [0.4, 0.5) is 0 Å². The molecule has 0 fully saturated rings. The van der Waals surface area contributed by atoms with Crippen LogP contribution in [0.15, 0.2) is 67.0 Å². The summed E-state index contributed by atoms with van der Waals surface area (Å²) in [5, 5.41) is 9.10. The van der Waals surface area contributed by atoms with Crippen molar-refractivity contribution in [2.75, 3.05) is 13.2 Å². The first-order chi connectivity index (χ1) is 18.6. The molecule has 0 saturated heterocycles. The van der Waals surface area contributed by atoms with Gasteiger partial charge in [-0.1, -0.05) is 24.3 Å². The maximum Gasteiger partial charge on any atom is 0.161 e. The summed E-state index contributed by atoms with van der Waals surface area (Å²) in [6, 6.07) is 19.4. The second kappa shape index (κ2) is 11.1. The Hall–Kier alpha value is -4.83. The lowest BCUT2D eigenvalue weighted by Crippen LogP contribution is -2.15. The van der Waals surface area contributed by atoms with Crippen LogP contribution in [0.3, 0.4) is 0 Å². The fourth-order valence-electron chi connectivity index (χ4n) is 4.40. The molecule has 1 aromatic heterocycles.